The highest BCUT2D eigenvalue weighted by molar-refractivity contribution is 7.14. The third-order valence-electron chi connectivity index (χ3n) is 3.74. The van der Waals surface area contributed by atoms with Gasteiger partial charge in [0, 0.05) is 0 Å². The minimum atomic E-state index is -0.545. The number of para-hydroxylation sites is 1. The number of benzene rings is 2. The molecular weight excluding hydrogens is 357 g/mol. The Labute approximate surface area is 150 Å². The summed E-state index contributed by atoms with van der Waals surface area (Å²) >= 11 is 1.07. The third kappa shape index (κ3) is 2.88. The van der Waals surface area contributed by atoms with Gasteiger partial charge in [0.2, 0.25) is 0 Å². The molecule has 0 spiro atoms. The molecule has 0 aliphatic rings. The van der Waals surface area contributed by atoms with Gasteiger partial charge >= 0.3 is 6.03 Å². The number of fused-ring (bicyclic) bond motifs is 1. The van der Waals surface area contributed by atoms with Crippen molar-refractivity contribution in [3.05, 3.63) is 76.6 Å². The maximum Gasteiger partial charge on any atom is 0.338 e. The average molecular weight is 369 g/mol. The van der Waals surface area contributed by atoms with Gasteiger partial charge in [-0.3, -0.25) is 4.79 Å². The van der Waals surface area contributed by atoms with Crippen LogP contribution in [0.4, 0.5) is 9.18 Å². The molecule has 0 aliphatic heterocycles. The van der Waals surface area contributed by atoms with Crippen LogP contribution in [0.25, 0.3) is 15.8 Å². The quantitative estimate of drug-likeness (QED) is 0.602. The van der Waals surface area contributed by atoms with E-state index in [9.17, 15) is 14.0 Å². The van der Waals surface area contributed by atoms with Gasteiger partial charge in [-0.05, 0) is 35.8 Å². The molecule has 1 amide bonds. The normalized spacial score (nSPS) is 11.0. The molecule has 2 aromatic heterocycles. The van der Waals surface area contributed by atoms with Crippen molar-refractivity contribution < 1.29 is 9.18 Å². The van der Waals surface area contributed by atoms with E-state index in [4.69, 9.17) is 0 Å². The highest BCUT2D eigenvalue weighted by Gasteiger charge is 2.14. The minimum absolute atomic E-state index is 0.0635. The fourth-order valence-electron chi connectivity index (χ4n) is 2.48. The Morgan fingerprint density at radius 3 is 2.73 bits per heavy atom. The number of nitrogens with zero attached hydrogens (tertiary/aromatic N) is 4. The van der Waals surface area contributed by atoms with Crippen molar-refractivity contribution in [1.82, 2.24) is 24.3 Å². The lowest BCUT2D eigenvalue weighted by Crippen LogP contribution is -2.32. The Balaban J connectivity index is 1.51. The van der Waals surface area contributed by atoms with Gasteiger partial charge in [0.1, 0.15) is 17.2 Å². The molecule has 0 aliphatic carbocycles. The predicted molar refractivity (Wildman–Crippen MR) is 95.0 cm³/mol. The van der Waals surface area contributed by atoms with Crippen molar-refractivity contribution in [3.63, 3.8) is 0 Å². The van der Waals surface area contributed by atoms with Crippen LogP contribution >= 0.6 is 11.5 Å². The molecule has 4 rings (SSSR count). The van der Waals surface area contributed by atoms with E-state index in [-0.39, 0.29) is 17.8 Å². The fraction of sp³-hybridized carbons (Fsp3) is 0.0588. The van der Waals surface area contributed by atoms with Gasteiger partial charge in [-0.1, -0.05) is 29.5 Å². The third-order valence-corrected chi connectivity index (χ3v) is 4.80. The van der Waals surface area contributed by atoms with Crippen molar-refractivity contribution in [3.8, 4) is 5.69 Å². The highest BCUT2D eigenvalue weighted by atomic mass is 32.1. The molecular formula is C17H12FN5O2S. The van der Waals surface area contributed by atoms with Gasteiger partial charge in [0.15, 0.2) is 0 Å². The summed E-state index contributed by atoms with van der Waals surface area (Å²) in [5.41, 5.74) is 0.340. The van der Waals surface area contributed by atoms with Gasteiger partial charge in [0.05, 0.1) is 22.8 Å². The molecule has 0 saturated heterocycles. The van der Waals surface area contributed by atoms with Crippen LogP contribution in [0.2, 0.25) is 0 Å². The van der Waals surface area contributed by atoms with E-state index in [2.05, 4.69) is 15.6 Å². The van der Waals surface area contributed by atoms with Crippen LogP contribution in [-0.4, -0.2) is 25.0 Å². The van der Waals surface area contributed by atoms with Gasteiger partial charge < -0.3 is 5.32 Å². The first-order chi connectivity index (χ1) is 12.6. The second-order valence-electron chi connectivity index (χ2n) is 5.45. The zero-order valence-electron chi connectivity index (χ0n) is 13.3. The zero-order chi connectivity index (χ0) is 18.1. The summed E-state index contributed by atoms with van der Waals surface area (Å²) in [6.07, 6.45) is 1.52. The first-order valence-corrected chi connectivity index (χ1v) is 8.46. The van der Waals surface area contributed by atoms with Crippen LogP contribution in [0.1, 0.15) is 5.69 Å². The molecule has 7 nitrogen and oxygen atoms in total. The van der Waals surface area contributed by atoms with Gasteiger partial charge in [-0.25, -0.2) is 13.9 Å². The highest BCUT2D eigenvalue weighted by Crippen LogP contribution is 2.15. The molecule has 4 aromatic rings. The van der Waals surface area contributed by atoms with Crippen LogP contribution in [0.5, 0.6) is 0 Å². The lowest BCUT2D eigenvalue weighted by Gasteiger charge is -2.02. The first-order valence-electron chi connectivity index (χ1n) is 7.69. The number of carbonyl (C=O) groups excluding carboxylic acids is 1. The fourth-order valence-corrected chi connectivity index (χ4v) is 3.40. The SMILES string of the molecule is O=C(NCc1cn(-c2ccccc2F)nn1)n1sc2ccccc2c1=O. The number of hydrogen-bond acceptors (Lipinski definition) is 5. The Morgan fingerprint density at radius 1 is 1.15 bits per heavy atom. The summed E-state index contributed by atoms with van der Waals surface area (Å²) in [4.78, 5) is 24.5. The van der Waals surface area contributed by atoms with Gasteiger partial charge in [0.25, 0.3) is 5.56 Å². The van der Waals surface area contributed by atoms with Crippen molar-refractivity contribution >= 4 is 27.6 Å². The number of amides is 1. The summed E-state index contributed by atoms with van der Waals surface area (Å²) in [7, 11) is 0. The summed E-state index contributed by atoms with van der Waals surface area (Å²) in [6, 6.07) is 12.6. The Bertz CT molecular complexity index is 1160. The number of nitrogens with one attached hydrogen (secondary N) is 1. The summed E-state index contributed by atoms with van der Waals surface area (Å²) < 4.78 is 16.9. The van der Waals surface area contributed by atoms with Crippen molar-refractivity contribution in [2.45, 2.75) is 6.54 Å². The summed E-state index contributed by atoms with van der Waals surface area (Å²) in [6.45, 7) is 0.0635. The predicted octanol–water partition coefficient (Wildman–Crippen LogP) is 2.54. The van der Waals surface area contributed by atoms with Crippen LogP contribution in [0.3, 0.4) is 0 Å². The van der Waals surface area contributed by atoms with Gasteiger partial charge in [-0.15, -0.1) is 5.10 Å². The average Bonchev–Trinajstić information content (AvgIpc) is 3.25. The molecule has 9 heteroatoms. The van der Waals surface area contributed by atoms with Gasteiger partial charge in [-0.2, -0.15) is 3.96 Å². The molecule has 0 saturated carbocycles. The molecule has 2 aromatic carbocycles. The van der Waals surface area contributed by atoms with Crippen molar-refractivity contribution in [2.24, 2.45) is 0 Å². The zero-order valence-corrected chi connectivity index (χ0v) is 14.1. The van der Waals surface area contributed by atoms with E-state index in [0.29, 0.717) is 11.1 Å². The number of aromatic nitrogens is 4. The van der Waals surface area contributed by atoms with Crippen LogP contribution in [-0.2, 0) is 6.54 Å². The number of rotatable bonds is 3. The molecule has 0 radical (unpaired) electrons. The summed E-state index contributed by atoms with van der Waals surface area (Å²) in [5, 5.41) is 10.9. The first kappa shape index (κ1) is 16.2. The Hall–Kier alpha value is -3.33. The minimum Gasteiger partial charge on any atom is -0.331 e. The van der Waals surface area contributed by atoms with E-state index < -0.39 is 11.8 Å². The molecule has 130 valence electrons. The smallest absolute Gasteiger partial charge is 0.331 e. The van der Waals surface area contributed by atoms with E-state index in [1.54, 1.807) is 36.4 Å². The second-order valence-corrected chi connectivity index (χ2v) is 6.44. The van der Waals surface area contributed by atoms with Crippen LogP contribution in [0.15, 0.2) is 59.5 Å². The van der Waals surface area contributed by atoms with Crippen molar-refractivity contribution in [1.29, 1.82) is 0 Å². The maximum atomic E-state index is 13.8. The number of halogens is 1. The molecule has 2 heterocycles. The van der Waals surface area contributed by atoms with Crippen molar-refractivity contribution in [2.75, 3.05) is 0 Å². The maximum absolute atomic E-state index is 13.8. The molecule has 0 fully saturated rings. The van der Waals surface area contributed by atoms with Crippen LogP contribution in [0, 0.1) is 5.82 Å². The monoisotopic (exact) mass is 369 g/mol. The number of hydrogen-bond donors (Lipinski definition) is 1. The molecule has 0 unspecified atom stereocenters. The lowest BCUT2D eigenvalue weighted by atomic mass is 10.3. The Kier molecular flexibility index (Phi) is 4.05. The van der Waals surface area contributed by atoms with E-state index in [1.807, 2.05) is 6.07 Å². The largest absolute Gasteiger partial charge is 0.338 e. The molecule has 0 atom stereocenters. The number of carbonyl (C=O) groups is 1. The summed E-state index contributed by atoms with van der Waals surface area (Å²) in [5.74, 6) is -0.426. The van der Waals surface area contributed by atoms with E-state index >= 15 is 0 Å². The van der Waals surface area contributed by atoms with Crippen LogP contribution < -0.4 is 10.9 Å². The molecule has 26 heavy (non-hydrogen) atoms. The molecule has 0 bridgehead atoms. The standard InChI is InChI=1S/C17H12FN5O2S/c18-13-6-2-3-7-14(13)22-10-11(20-21-22)9-19-17(25)23-16(24)12-5-1-4-8-15(12)26-23/h1-8,10H,9H2,(H,19,25). The lowest BCUT2D eigenvalue weighted by molar-refractivity contribution is 0.243. The molecule has 1 N–H and O–H groups in total. The van der Waals surface area contributed by atoms with E-state index in [1.165, 1.54) is 16.9 Å². The second kappa shape index (κ2) is 6.52. The Morgan fingerprint density at radius 2 is 1.92 bits per heavy atom. The topological polar surface area (TPSA) is 81.8 Å². The van der Waals surface area contributed by atoms with E-state index in [0.717, 1.165) is 20.2 Å².